The highest BCUT2D eigenvalue weighted by atomic mass is 35.5. The lowest BCUT2D eigenvalue weighted by atomic mass is 9.84. The number of benzene rings is 1. The molecule has 0 aliphatic heterocycles. The van der Waals surface area contributed by atoms with Crippen LogP contribution in [-0.4, -0.2) is 22.7 Å². The highest BCUT2D eigenvalue weighted by Gasteiger charge is 2.38. The van der Waals surface area contributed by atoms with Crippen LogP contribution in [0.1, 0.15) is 45.7 Å². The average molecular weight is 437 g/mol. The second-order valence-electron chi connectivity index (χ2n) is 7.94. The summed E-state index contributed by atoms with van der Waals surface area (Å²) in [7, 11) is 0. The van der Waals surface area contributed by atoms with Gasteiger partial charge in [0, 0.05) is 5.56 Å². The number of nitrogens with one attached hydrogen (secondary N) is 2. The number of hydrogen-bond acceptors (Lipinski definition) is 5. The summed E-state index contributed by atoms with van der Waals surface area (Å²) < 4.78 is 34.5. The maximum Gasteiger partial charge on any atom is 0.407 e. The Kier molecular flexibility index (Phi) is 6.88. The van der Waals surface area contributed by atoms with Crippen LogP contribution in [0.5, 0.6) is 0 Å². The molecule has 2 atom stereocenters. The van der Waals surface area contributed by atoms with E-state index in [-0.39, 0.29) is 22.1 Å². The largest absolute Gasteiger partial charge is 0.444 e. The summed E-state index contributed by atoms with van der Waals surface area (Å²) in [5.74, 6) is -1.70. The normalized spacial score (nSPS) is 14.2. The molecule has 2 rings (SSSR count). The highest BCUT2D eigenvalue weighted by Crippen LogP contribution is 2.33. The lowest BCUT2D eigenvalue weighted by Crippen LogP contribution is -2.53. The standard InChI is InChI=1S/C21H23ClF2N4O2/c1-12(26-19(29)30-20(2,3)4)21(5,14-8-6-7-9-15(14)23)28-18-16(24)10-13(11-25)17(22)27-18/h6-10,12H,1-5H3,(H,26,29)(H,27,28)/t12-,21?/m0/s1. The number of pyridine rings is 1. The fourth-order valence-corrected chi connectivity index (χ4v) is 2.98. The smallest absolute Gasteiger partial charge is 0.407 e. The van der Waals surface area contributed by atoms with Gasteiger partial charge in [-0.1, -0.05) is 29.8 Å². The molecule has 1 aromatic heterocycles. The number of alkyl carbamates (subject to hydrolysis) is 1. The molecule has 0 aliphatic rings. The van der Waals surface area contributed by atoms with Crippen LogP contribution >= 0.6 is 11.6 Å². The number of anilines is 1. The molecule has 0 spiro atoms. The van der Waals surface area contributed by atoms with Gasteiger partial charge in [0.25, 0.3) is 0 Å². The number of aromatic nitrogens is 1. The van der Waals surface area contributed by atoms with Gasteiger partial charge in [0.15, 0.2) is 11.6 Å². The molecule has 0 bridgehead atoms. The third kappa shape index (κ3) is 5.36. The lowest BCUT2D eigenvalue weighted by Gasteiger charge is -2.38. The van der Waals surface area contributed by atoms with Gasteiger partial charge >= 0.3 is 6.09 Å². The van der Waals surface area contributed by atoms with Crippen molar-refractivity contribution >= 4 is 23.5 Å². The first-order valence-electron chi connectivity index (χ1n) is 9.16. The van der Waals surface area contributed by atoms with Gasteiger partial charge < -0.3 is 15.4 Å². The van der Waals surface area contributed by atoms with E-state index in [0.717, 1.165) is 6.07 Å². The molecule has 1 aromatic carbocycles. The van der Waals surface area contributed by atoms with E-state index in [1.807, 2.05) is 0 Å². The van der Waals surface area contributed by atoms with Crippen molar-refractivity contribution in [2.45, 2.75) is 51.8 Å². The number of rotatable bonds is 5. The Hall–Kier alpha value is -2.92. The van der Waals surface area contributed by atoms with Crippen LogP contribution in [0.15, 0.2) is 30.3 Å². The number of hydrogen-bond donors (Lipinski definition) is 2. The monoisotopic (exact) mass is 436 g/mol. The first-order valence-corrected chi connectivity index (χ1v) is 9.54. The van der Waals surface area contributed by atoms with E-state index in [2.05, 4.69) is 15.6 Å². The predicted molar refractivity (Wildman–Crippen MR) is 110 cm³/mol. The molecule has 6 nitrogen and oxygen atoms in total. The van der Waals surface area contributed by atoms with Gasteiger partial charge in [-0.15, -0.1) is 0 Å². The fraction of sp³-hybridized carbons (Fsp3) is 0.381. The topological polar surface area (TPSA) is 87.0 Å². The van der Waals surface area contributed by atoms with Crippen molar-refractivity contribution in [3.05, 3.63) is 58.2 Å². The van der Waals surface area contributed by atoms with Crippen molar-refractivity contribution in [2.75, 3.05) is 5.32 Å². The third-order valence-corrected chi connectivity index (χ3v) is 4.75. The van der Waals surface area contributed by atoms with Crippen LogP contribution < -0.4 is 10.6 Å². The Morgan fingerprint density at radius 3 is 2.43 bits per heavy atom. The minimum atomic E-state index is -1.35. The zero-order valence-corrected chi connectivity index (χ0v) is 18.1. The molecule has 0 aliphatic carbocycles. The van der Waals surface area contributed by atoms with Crippen molar-refractivity contribution < 1.29 is 18.3 Å². The summed E-state index contributed by atoms with van der Waals surface area (Å²) >= 11 is 5.94. The van der Waals surface area contributed by atoms with Gasteiger partial charge in [-0.05, 0) is 46.8 Å². The first kappa shape index (κ1) is 23.4. The Balaban J connectivity index is 2.48. The van der Waals surface area contributed by atoms with Gasteiger partial charge in [0.05, 0.1) is 17.1 Å². The second kappa shape index (κ2) is 8.84. The molecule has 9 heteroatoms. The number of nitriles is 1. The van der Waals surface area contributed by atoms with Crippen LogP contribution in [0.4, 0.5) is 19.4 Å². The molecular weight excluding hydrogens is 414 g/mol. The number of halogens is 3. The van der Waals surface area contributed by atoms with E-state index in [9.17, 15) is 13.6 Å². The Morgan fingerprint density at radius 1 is 1.23 bits per heavy atom. The minimum Gasteiger partial charge on any atom is -0.444 e. The second-order valence-corrected chi connectivity index (χ2v) is 8.30. The predicted octanol–water partition coefficient (Wildman–Crippen LogP) is 5.13. The number of carbonyl (C=O) groups excluding carboxylic acids is 1. The first-order chi connectivity index (χ1) is 13.9. The van der Waals surface area contributed by atoms with Crippen molar-refractivity contribution in [3.63, 3.8) is 0 Å². The molecule has 1 amide bonds. The minimum absolute atomic E-state index is 0.132. The zero-order chi connectivity index (χ0) is 22.7. The van der Waals surface area contributed by atoms with Crippen molar-refractivity contribution in [1.82, 2.24) is 10.3 Å². The van der Waals surface area contributed by atoms with E-state index >= 15 is 0 Å². The summed E-state index contributed by atoms with van der Waals surface area (Å²) in [5, 5.41) is 14.3. The molecule has 2 N–H and O–H groups in total. The molecule has 1 unspecified atom stereocenters. The van der Waals surface area contributed by atoms with Crippen LogP contribution in [0.2, 0.25) is 5.15 Å². The SMILES string of the molecule is C[C@H](NC(=O)OC(C)(C)C)C(C)(Nc1nc(Cl)c(C#N)cc1F)c1ccccc1F. The zero-order valence-electron chi connectivity index (χ0n) is 17.3. The van der Waals surface area contributed by atoms with Crippen LogP contribution in [0.3, 0.4) is 0 Å². The molecule has 30 heavy (non-hydrogen) atoms. The van der Waals surface area contributed by atoms with Gasteiger partial charge in [-0.3, -0.25) is 0 Å². The summed E-state index contributed by atoms with van der Waals surface area (Å²) in [6, 6.07) is 7.80. The van der Waals surface area contributed by atoms with Gasteiger partial charge in [0.2, 0.25) is 0 Å². The summed E-state index contributed by atoms with van der Waals surface area (Å²) in [5.41, 5.74) is -2.06. The number of amides is 1. The number of carbonyl (C=O) groups is 1. The number of ether oxygens (including phenoxy) is 1. The fourth-order valence-electron chi connectivity index (χ4n) is 2.80. The quantitative estimate of drug-likeness (QED) is 0.635. The van der Waals surface area contributed by atoms with Crippen LogP contribution in [0, 0.1) is 23.0 Å². The molecule has 0 saturated heterocycles. The Bertz CT molecular complexity index is 988. The maximum atomic E-state index is 14.7. The van der Waals surface area contributed by atoms with Crippen LogP contribution in [-0.2, 0) is 10.3 Å². The highest BCUT2D eigenvalue weighted by molar-refractivity contribution is 6.30. The Labute approximate surface area is 179 Å². The number of nitrogens with zero attached hydrogens (tertiary/aromatic N) is 2. The lowest BCUT2D eigenvalue weighted by molar-refractivity contribution is 0.0489. The summed E-state index contributed by atoms with van der Waals surface area (Å²) in [4.78, 5) is 16.2. The van der Waals surface area contributed by atoms with Gasteiger partial charge in [-0.25, -0.2) is 18.6 Å². The van der Waals surface area contributed by atoms with E-state index in [4.69, 9.17) is 21.6 Å². The van der Waals surface area contributed by atoms with Gasteiger partial charge in [0.1, 0.15) is 22.6 Å². The molecular formula is C21H23ClF2N4O2. The van der Waals surface area contributed by atoms with Crippen molar-refractivity contribution in [3.8, 4) is 6.07 Å². The Morgan fingerprint density at radius 2 is 1.87 bits per heavy atom. The van der Waals surface area contributed by atoms with E-state index < -0.39 is 34.9 Å². The van der Waals surface area contributed by atoms with Gasteiger partial charge in [-0.2, -0.15) is 5.26 Å². The van der Waals surface area contributed by atoms with Crippen LogP contribution in [0.25, 0.3) is 0 Å². The molecule has 160 valence electrons. The van der Waals surface area contributed by atoms with Crippen molar-refractivity contribution in [1.29, 1.82) is 5.26 Å². The average Bonchev–Trinajstić information content (AvgIpc) is 2.62. The molecule has 0 saturated carbocycles. The molecule has 2 aromatic rings. The molecule has 1 heterocycles. The maximum absolute atomic E-state index is 14.7. The van der Waals surface area contributed by atoms with E-state index in [1.165, 1.54) is 18.2 Å². The van der Waals surface area contributed by atoms with Crippen molar-refractivity contribution in [2.24, 2.45) is 0 Å². The molecule has 0 fully saturated rings. The summed E-state index contributed by atoms with van der Waals surface area (Å²) in [6.07, 6.45) is -0.717. The third-order valence-electron chi connectivity index (χ3n) is 4.46. The molecule has 0 radical (unpaired) electrons. The van der Waals surface area contributed by atoms with E-state index in [1.54, 1.807) is 46.8 Å². The van der Waals surface area contributed by atoms with E-state index in [0.29, 0.717) is 0 Å². The summed E-state index contributed by atoms with van der Waals surface area (Å²) in [6.45, 7) is 8.34.